The molecule has 126 valence electrons. The van der Waals surface area contributed by atoms with E-state index in [1.54, 1.807) is 6.07 Å². The Morgan fingerprint density at radius 1 is 1.29 bits per heavy atom. The minimum atomic E-state index is -3.94. The summed E-state index contributed by atoms with van der Waals surface area (Å²) in [6.07, 6.45) is 0.505. The van der Waals surface area contributed by atoms with Crippen LogP contribution in [0.25, 0.3) is 0 Å². The first-order valence-corrected chi connectivity index (χ1v) is 8.71. The predicted molar refractivity (Wildman–Crippen MR) is 90.9 cm³/mol. The van der Waals surface area contributed by atoms with Gasteiger partial charge in [-0.15, -0.1) is 0 Å². The molecule has 1 saturated heterocycles. The second-order valence-electron chi connectivity index (χ2n) is 5.68. The highest BCUT2D eigenvalue weighted by atomic mass is 32.2. The second kappa shape index (κ2) is 5.72. The highest BCUT2D eigenvalue weighted by Gasteiger charge is 2.35. The molecule has 7 nitrogen and oxygen atoms in total. The van der Waals surface area contributed by atoms with Gasteiger partial charge in [-0.3, -0.25) is 4.79 Å². The van der Waals surface area contributed by atoms with E-state index in [1.807, 2.05) is 29.8 Å². The van der Waals surface area contributed by atoms with Crippen molar-refractivity contribution in [3.63, 3.8) is 0 Å². The number of nitrogens with two attached hydrogens (primary N) is 1. The fraction of sp³-hybridized carbons (Fsp3) is 0.188. The molecule has 0 unspecified atom stereocenters. The molecule has 1 fully saturated rings. The molecule has 0 bridgehead atoms. The van der Waals surface area contributed by atoms with E-state index in [2.05, 4.69) is 0 Å². The van der Waals surface area contributed by atoms with Gasteiger partial charge >= 0.3 is 10.2 Å². The minimum Gasteiger partial charge on any atom is -0.506 e. The number of para-hydroxylation sites is 1. The molecule has 0 spiro atoms. The van der Waals surface area contributed by atoms with Gasteiger partial charge in [-0.1, -0.05) is 24.3 Å². The average molecular weight is 347 g/mol. The summed E-state index contributed by atoms with van der Waals surface area (Å²) in [5.41, 5.74) is 9.49. The van der Waals surface area contributed by atoms with Gasteiger partial charge in [-0.05, 0) is 42.2 Å². The number of nitrogen functional groups attached to an aromatic ring is 1. The Kier molecular flexibility index (Phi) is 3.84. The van der Waals surface area contributed by atoms with Crippen LogP contribution >= 0.6 is 0 Å². The molecule has 1 heterocycles. The summed E-state index contributed by atoms with van der Waals surface area (Å²) in [6.45, 7) is 1.57. The van der Waals surface area contributed by atoms with Gasteiger partial charge < -0.3 is 10.8 Å². The van der Waals surface area contributed by atoms with Crippen molar-refractivity contribution in [2.75, 3.05) is 16.6 Å². The highest BCUT2D eigenvalue weighted by molar-refractivity contribution is 7.92. The van der Waals surface area contributed by atoms with Gasteiger partial charge in [0.2, 0.25) is 0 Å². The number of rotatable bonds is 3. The Morgan fingerprint density at radius 3 is 2.67 bits per heavy atom. The van der Waals surface area contributed by atoms with Crippen LogP contribution in [0.2, 0.25) is 0 Å². The van der Waals surface area contributed by atoms with Crippen LogP contribution in [0.15, 0.2) is 36.4 Å². The lowest BCUT2D eigenvalue weighted by Crippen LogP contribution is -2.29. The number of benzene rings is 2. The molecule has 2 aromatic rings. The van der Waals surface area contributed by atoms with E-state index in [0.717, 1.165) is 21.0 Å². The summed E-state index contributed by atoms with van der Waals surface area (Å²) < 4.78 is 26.4. The van der Waals surface area contributed by atoms with E-state index in [0.29, 0.717) is 12.1 Å². The Balaban J connectivity index is 1.91. The molecule has 1 aliphatic heterocycles. The lowest BCUT2D eigenvalue weighted by molar-refractivity contribution is -0.117. The van der Waals surface area contributed by atoms with E-state index < -0.39 is 16.1 Å². The molecular formula is C16H17N3O4S. The number of hydrogen-bond donors (Lipinski definition) is 3. The Hall–Kier alpha value is -2.74. The summed E-state index contributed by atoms with van der Waals surface area (Å²) in [5.74, 6) is -0.843. The maximum Gasteiger partial charge on any atom is 0.326 e. The summed E-state index contributed by atoms with van der Waals surface area (Å²) >= 11 is 0. The van der Waals surface area contributed by atoms with Crippen molar-refractivity contribution in [3.8, 4) is 5.75 Å². The van der Waals surface area contributed by atoms with Crippen LogP contribution in [0.1, 0.15) is 16.7 Å². The number of hydrogen-bond acceptors (Lipinski definition) is 5. The number of phenols is 1. The van der Waals surface area contributed by atoms with Crippen molar-refractivity contribution in [1.29, 1.82) is 0 Å². The van der Waals surface area contributed by atoms with Crippen LogP contribution in [0.5, 0.6) is 5.75 Å². The average Bonchev–Trinajstić information content (AvgIpc) is 2.77. The number of carbonyl (C=O) groups excluding carboxylic acids is 1. The van der Waals surface area contributed by atoms with Crippen LogP contribution in [-0.4, -0.2) is 26.0 Å². The molecule has 2 aromatic carbocycles. The van der Waals surface area contributed by atoms with E-state index in [1.165, 1.54) is 12.1 Å². The zero-order valence-electron chi connectivity index (χ0n) is 13.0. The zero-order valence-corrected chi connectivity index (χ0v) is 13.8. The summed E-state index contributed by atoms with van der Waals surface area (Å²) in [6, 6.07) is 10.4. The highest BCUT2D eigenvalue weighted by Crippen LogP contribution is 2.32. The molecule has 0 atom stereocenters. The molecular weight excluding hydrogens is 330 g/mol. The largest absolute Gasteiger partial charge is 0.506 e. The van der Waals surface area contributed by atoms with Crippen LogP contribution in [0, 0.1) is 6.92 Å². The number of carbonyl (C=O) groups is 1. The van der Waals surface area contributed by atoms with E-state index in [4.69, 9.17) is 5.73 Å². The van der Waals surface area contributed by atoms with Crippen LogP contribution in [-0.2, 0) is 21.4 Å². The van der Waals surface area contributed by atoms with Gasteiger partial charge in [-0.2, -0.15) is 8.42 Å². The molecule has 0 aliphatic carbocycles. The molecule has 8 heteroatoms. The number of amides is 1. The van der Waals surface area contributed by atoms with Crippen LogP contribution < -0.4 is 14.8 Å². The van der Waals surface area contributed by atoms with Crippen LogP contribution in [0.4, 0.5) is 11.4 Å². The normalized spacial score (nSPS) is 16.2. The van der Waals surface area contributed by atoms with E-state index in [-0.39, 0.29) is 18.0 Å². The van der Waals surface area contributed by atoms with Crippen molar-refractivity contribution < 1.29 is 18.3 Å². The number of nitrogens with zero attached hydrogens (tertiary/aromatic N) is 1. The van der Waals surface area contributed by atoms with Crippen molar-refractivity contribution >= 4 is 27.5 Å². The zero-order chi connectivity index (χ0) is 17.5. The van der Waals surface area contributed by atoms with Crippen molar-refractivity contribution in [2.45, 2.75) is 13.3 Å². The van der Waals surface area contributed by atoms with Gasteiger partial charge in [0.1, 0.15) is 12.3 Å². The molecule has 1 amide bonds. The molecule has 0 saturated carbocycles. The summed E-state index contributed by atoms with van der Waals surface area (Å²) in [7, 11) is -3.94. The lowest BCUT2D eigenvalue weighted by Gasteiger charge is -2.17. The Morgan fingerprint density at radius 2 is 2.04 bits per heavy atom. The third kappa shape index (κ3) is 2.88. The first kappa shape index (κ1) is 16.1. The molecule has 3 rings (SSSR count). The second-order valence-corrected chi connectivity index (χ2v) is 7.28. The third-order valence-electron chi connectivity index (χ3n) is 3.94. The monoisotopic (exact) mass is 347 g/mol. The fourth-order valence-corrected chi connectivity index (χ4v) is 3.83. The number of aryl methyl sites for hydroxylation is 1. The summed E-state index contributed by atoms with van der Waals surface area (Å²) in [5, 5.41) is 10.2. The van der Waals surface area contributed by atoms with Crippen molar-refractivity contribution in [3.05, 3.63) is 53.1 Å². The maximum atomic E-state index is 11.8. The molecule has 0 radical (unpaired) electrons. The summed E-state index contributed by atoms with van der Waals surface area (Å²) in [4.78, 5) is 11.3. The van der Waals surface area contributed by atoms with Crippen molar-refractivity contribution in [1.82, 2.24) is 4.72 Å². The molecule has 4 N–H and O–H groups in total. The molecule has 0 aromatic heterocycles. The number of phenolic OH excluding ortho intramolecular Hbond substituents is 1. The third-order valence-corrected chi connectivity index (χ3v) is 5.33. The maximum absolute atomic E-state index is 11.8. The van der Waals surface area contributed by atoms with Crippen LogP contribution in [0.3, 0.4) is 0 Å². The SMILES string of the molecule is Cc1cccc(Cc2ccc(N3CC(=O)NS3(=O)=O)c(O)c2)c1N. The van der Waals surface area contributed by atoms with Crippen molar-refractivity contribution in [2.24, 2.45) is 0 Å². The first-order chi connectivity index (χ1) is 11.3. The van der Waals surface area contributed by atoms with E-state index in [9.17, 15) is 18.3 Å². The van der Waals surface area contributed by atoms with Gasteiger partial charge in [-0.25, -0.2) is 9.03 Å². The minimum absolute atomic E-state index is 0.0642. The first-order valence-electron chi connectivity index (χ1n) is 7.27. The van der Waals surface area contributed by atoms with E-state index >= 15 is 0 Å². The Labute approximate surface area is 139 Å². The number of nitrogens with one attached hydrogen (secondary N) is 1. The topological polar surface area (TPSA) is 113 Å². The molecule has 24 heavy (non-hydrogen) atoms. The quantitative estimate of drug-likeness (QED) is 0.719. The van der Waals surface area contributed by atoms with Gasteiger partial charge in [0, 0.05) is 5.69 Å². The fourth-order valence-electron chi connectivity index (χ4n) is 2.67. The Bertz CT molecular complexity index is 925. The smallest absolute Gasteiger partial charge is 0.326 e. The predicted octanol–water partition coefficient (Wildman–Crippen LogP) is 1.05. The lowest BCUT2D eigenvalue weighted by atomic mass is 10.0. The molecule has 1 aliphatic rings. The standard InChI is InChI=1S/C16H17N3O4S/c1-10-3-2-4-12(16(10)17)7-11-5-6-13(14(20)8-11)19-9-15(21)18-24(19,22)23/h2-6,8,20H,7,9,17H2,1H3,(H,18,21). The van der Waals surface area contributed by atoms with Gasteiger partial charge in [0.05, 0.1) is 5.69 Å². The number of aromatic hydroxyl groups is 1. The number of anilines is 2. The van der Waals surface area contributed by atoms with Gasteiger partial charge in [0.25, 0.3) is 5.91 Å². The van der Waals surface area contributed by atoms with Gasteiger partial charge in [0.15, 0.2) is 0 Å².